The molecule has 0 spiro atoms. The first-order chi connectivity index (χ1) is 14.3. The van der Waals surface area contributed by atoms with Crippen LogP contribution in [-0.2, 0) is 4.74 Å². The van der Waals surface area contributed by atoms with Crippen molar-refractivity contribution in [1.82, 2.24) is 0 Å². The number of hydrogen-bond acceptors (Lipinski definition) is 4. The number of hydrogen-bond donors (Lipinski definition) is 0. The summed E-state index contributed by atoms with van der Waals surface area (Å²) in [5.74, 6) is 0.407. The summed E-state index contributed by atoms with van der Waals surface area (Å²) in [6.07, 6.45) is 4.09. The van der Waals surface area contributed by atoms with Crippen LogP contribution in [0.25, 0.3) is 11.1 Å². The van der Waals surface area contributed by atoms with E-state index in [9.17, 15) is 4.79 Å². The summed E-state index contributed by atoms with van der Waals surface area (Å²) < 4.78 is 11.4. The summed E-state index contributed by atoms with van der Waals surface area (Å²) in [6.45, 7) is 3.32. The van der Waals surface area contributed by atoms with Gasteiger partial charge in [-0.3, -0.25) is 0 Å². The molecular weight excluding hydrogens is 362 g/mol. The van der Waals surface area contributed by atoms with Gasteiger partial charge in [-0.25, -0.2) is 4.79 Å². The van der Waals surface area contributed by atoms with Gasteiger partial charge in [0.15, 0.2) is 0 Å². The van der Waals surface area contributed by atoms with Crippen molar-refractivity contribution in [3.63, 3.8) is 0 Å². The Kier molecular flexibility index (Phi) is 5.61. The SMILES string of the molecule is CCOC(=O)c1cc2c(cc1-c1ccccc1)OC/C=C\CN2c1ccccc1. The van der Waals surface area contributed by atoms with Crippen LogP contribution in [0.5, 0.6) is 5.75 Å². The molecule has 1 aliphatic rings. The van der Waals surface area contributed by atoms with Gasteiger partial charge in [0.1, 0.15) is 12.4 Å². The average molecular weight is 385 g/mol. The Balaban J connectivity index is 1.91. The largest absolute Gasteiger partial charge is 0.487 e. The van der Waals surface area contributed by atoms with Crippen LogP contribution in [-0.4, -0.2) is 25.7 Å². The highest BCUT2D eigenvalue weighted by Gasteiger charge is 2.23. The maximum atomic E-state index is 12.8. The van der Waals surface area contributed by atoms with Gasteiger partial charge in [-0.1, -0.05) is 54.6 Å². The van der Waals surface area contributed by atoms with Crippen LogP contribution in [0.15, 0.2) is 84.9 Å². The van der Waals surface area contributed by atoms with Crippen LogP contribution in [0.2, 0.25) is 0 Å². The van der Waals surface area contributed by atoms with E-state index in [1.165, 1.54) is 0 Å². The molecule has 0 fully saturated rings. The third-order valence-electron chi connectivity index (χ3n) is 4.83. The molecule has 3 aromatic carbocycles. The van der Waals surface area contributed by atoms with Crippen molar-refractivity contribution in [2.75, 3.05) is 24.7 Å². The van der Waals surface area contributed by atoms with E-state index in [0.29, 0.717) is 25.3 Å². The van der Waals surface area contributed by atoms with E-state index in [4.69, 9.17) is 9.47 Å². The second-order valence-corrected chi connectivity index (χ2v) is 6.68. The molecule has 0 aliphatic carbocycles. The molecule has 1 heterocycles. The van der Waals surface area contributed by atoms with E-state index >= 15 is 0 Å². The van der Waals surface area contributed by atoms with Crippen LogP contribution in [0.1, 0.15) is 17.3 Å². The van der Waals surface area contributed by atoms with Crippen molar-refractivity contribution >= 4 is 17.3 Å². The Morgan fingerprint density at radius 1 is 1.00 bits per heavy atom. The second-order valence-electron chi connectivity index (χ2n) is 6.68. The summed E-state index contributed by atoms with van der Waals surface area (Å²) in [6, 6.07) is 23.8. The molecule has 0 bridgehead atoms. The summed E-state index contributed by atoms with van der Waals surface area (Å²) in [7, 11) is 0. The van der Waals surface area contributed by atoms with Gasteiger partial charge >= 0.3 is 5.97 Å². The third kappa shape index (κ3) is 4.02. The molecule has 29 heavy (non-hydrogen) atoms. The normalized spacial score (nSPS) is 14.2. The fourth-order valence-electron chi connectivity index (χ4n) is 3.47. The van der Waals surface area contributed by atoms with E-state index in [0.717, 1.165) is 28.3 Å². The average Bonchev–Trinajstić information content (AvgIpc) is 2.75. The quantitative estimate of drug-likeness (QED) is 0.432. The van der Waals surface area contributed by atoms with Crippen LogP contribution in [0, 0.1) is 0 Å². The number of anilines is 2. The van der Waals surface area contributed by atoms with Gasteiger partial charge < -0.3 is 14.4 Å². The maximum absolute atomic E-state index is 12.8. The van der Waals surface area contributed by atoms with Gasteiger partial charge in [-0.2, -0.15) is 0 Å². The standard InChI is InChI=1S/C25H23NO3/c1-2-28-25(27)22-17-23-24(18-21(22)19-11-5-3-6-12-19)29-16-10-9-15-26(23)20-13-7-4-8-14-20/h3-14,17-18H,2,15-16H2,1H3/b10-9-. The highest BCUT2D eigenvalue weighted by Crippen LogP contribution is 2.40. The van der Waals surface area contributed by atoms with E-state index in [-0.39, 0.29) is 5.97 Å². The van der Waals surface area contributed by atoms with Crippen molar-refractivity contribution in [3.05, 3.63) is 90.5 Å². The van der Waals surface area contributed by atoms with E-state index < -0.39 is 0 Å². The van der Waals surface area contributed by atoms with Gasteiger partial charge in [0, 0.05) is 12.2 Å². The summed E-state index contributed by atoms with van der Waals surface area (Å²) in [4.78, 5) is 15.0. The van der Waals surface area contributed by atoms with Gasteiger partial charge in [0.2, 0.25) is 0 Å². The zero-order chi connectivity index (χ0) is 20.1. The zero-order valence-electron chi connectivity index (χ0n) is 16.4. The molecule has 0 aromatic heterocycles. The van der Waals surface area contributed by atoms with E-state index in [2.05, 4.69) is 11.0 Å². The lowest BCUT2D eigenvalue weighted by Gasteiger charge is -2.28. The topological polar surface area (TPSA) is 38.8 Å². The minimum atomic E-state index is -0.334. The smallest absolute Gasteiger partial charge is 0.338 e. The molecule has 1 aliphatic heterocycles. The highest BCUT2D eigenvalue weighted by atomic mass is 16.5. The Labute approximate surface area is 171 Å². The molecule has 3 aromatic rings. The van der Waals surface area contributed by atoms with Gasteiger partial charge in [-0.15, -0.1) is 0 Å². The Morgan fingerprint density at radius 3 is 2.45 bits per heavy atom. The number of benzene rings is 3. The number of fused-ring (bicyclic) bond motifs is 1. The Hall–Kier alpha value is -3.53. The molecule has 0 saturated heterocycles. The lowest BCUT2D eigenvalue weighted by Crippen LogP contribution is -2.21. The number of esters is 1. The Morgan fingerprint density at radius 2 is 1.72 bits per heavy atom. The molecule has 0 atom stereocenters. The number of carbonyl (C=O) groups is 1. The molecule has 0 unspecified atom stereocenters. The van der Waals surface area contributed by atoms with Crippen LogP contribution in [0.4, 0.5) is 11.4 Å². The summed E-state index contributed by atoms with van der Waals surface area (Å²) in [5, 5.41) is 0. The number of para-hydroxylation sites is 1. The first kappa shape index (κ1) is 18.8. The molecule has 0 radical (unpaired) electrons. The van der Waals surface area contributed by atoms with Crippen LogP contribution >= 0.6 is 0 Å². The summed E-state index contributed by atoms with van der Waals surface area (Å²) in [5.41, 5.74) is 4.17. The predicted molar refractivity (Wildman–Crippen MR) is 116 cm³/mol. The molecule has 4 nitrogen and oxygen atoms in total. The molecule has 4 heteroatoms. The molecule has 0 amide bonds. The fraction of sp³-hybridized carbons (Fsp3) is 0.160. The van der Waals surface area contributed by atoms with Crippen molar-refractivity contribution in [2.24, 2.45) is 0 Å². The third-order valence-corrected chi connectivity index (χ3v) is 4.83. The van der Waals surface area contributed by atoms with Crippen molar-refractivity contribution < 1.29 is 14.3 Å². The lowest BCUT2D eigenvalue weighted by atomic mass is 9.97. The molecule has 0 N–H and O–H groups in total. The first-order valence-corrected chi connectivity index (χ1v) is 9.79. The molecule has 0 saturated carbocycles. The fourth-order valence-corrected chi connectivity index (χ4v) is 3.47. The number of nitrogens with zero attached hydrogens (tertiary/aromatic N) is 1. The van der Waals surface area contributed by atoms with Crippen LogP contribution < -0.4 is 9.64 Å². The van der Waals surface area contributed by atoms with Crippen molar-refractivity contribution in [2.45, 2.75) is 6.92 Å². The van der Waals surface area contributed by atoms with E-state index in [1.807, 2.05) is 85.8 Å². The van der Waals surface area contributed by atoms with Crippen molar-refractivity contribution in [1.29, 1.82) is 0 Å². The zero-order valence-corrected chi connectivity index (χ0v) is 16.4. The predicted octanol–water partition coefficient (Wildman–Crippen LogP) is 5.62. The van der Waals surface area contributed by atoms with Crippen LogP contribution in [0.3, 0.4) is 0 Å². The highest BCUT2D eigenvalue weighted by molar-refractivity contribution is 6.00. The van der Waals surface area contributed by atoms with Gasteiger partial charge in [0.05, 0.1) is 17.9 Å². The molecule has 4 rings (SSSR count). The second kappa shape index (κ2) is 8.65. The number of ether oxygens (including phenoxy) is 2. The minimum Gasteiger partial charge on any atom is -0.487 e. The number of carbonyl (C=O) groups excluding carboxylic acids is 1. The van der Waals surface area contributed by atoms with Gasteiger partial charge in [0.25, 0.3) is 0 Å². The van der Waals surface area contributed by atoms with Gasteiger partial charge in [-0.05, 0) is 48.4 Å². The Bertz CT molecular complexity index is 1010. The summed E-state index contributed by atoms with van der Waals surface area (Å²) >= 11 is 0. The first-order valence-electron chi connectivity index (χ1n) is 9.79. The number of rotatable bonds is 4. The maximum Gasteiger partial charge on any atom is 0.338 e. The van der Waals surface area contributed by atoms with E-state index in [1.54, 1.807) is 0 Å². The molecular formula is C25H23NO3. The molecule has 146 valence electrons. The minimum absolute atomic E-state index is 0.325. The lowest BCUT2D eigenvalue weighted by molar-refractivity contribution is 0.0527. The van der Waals surface area contributed by atoms with Crippen molar-refractivity contribution in [3.8, 4) is 16.9 Å². The monoisotopic (exact) mass is 385 g/mol.